The Kier molecular flexibility index (Phi) is 6.21. The largest absolute Gasteiger partial charge is 0.0651 e. The second-order valence-corrected chi connectivity index (χ2v) is 8.57. The topological polar surface area (TPSA) is 0 Å². The van der Waals surface area contributed by atoms with Crippen molar-refractivity contribution >= 4 is 0 Å². The first-order valence-electron chi connectivity index (χ1n) is 9.87. The van der Waals surface area contributed by atoms with Crippen LogP contribution in [0.25, 0.3) is 0 Å². The molecule has 2 aliphatic carbocycles. The molecule has 2 aliphatic rings. The molecule has 2 fully saturated rings. The molecule has 4 unspecified atom stereocenters. The fraction of sp³-hybridized carbons (Fsp3) is 0.952. The summed E-state index contributed by atoms with van der Waals surface area (Å²) in [6, 6.07) is 0. The average molecular weight is 292 g/mol. The van der Waals surface area contributed by atoms with Crippen LogP contribution in [0.2, 0.25) is 0 Å². The molecule has 123 valence electrons. The van der Waals surface area contributed by atoms with Gasteiger partial charge in [-0.25, -0.2) is 0 Å². The van der Waals surface area contributed by atoms with E-state index in [2.05, 4.69) is 41.5 Å². The van der Waals surface area contributed by atoms with Gasteiger partial charge in [-0.1, -0.05) is 60.8 Å². The van der Waals surface area contributed by atoms with E-state index < -0.39 is 0 Å². The molecule has 4 atom stereocenters. The molecule has 0 N–H and O–H groups in total. The van der Waals surface area contributed by atoms with E-state index in [1.165, 1.54) is 44.9 Å². The number of rotatable bonds is 5. The molecule has 0 aromatic heterocycles. The van der Waals surface area contributed by atoms with E-state index in [1.807, 2.05) is 5.92 Å². The molecule has 0 aromatic rings. The van der Waals surface area contributed by atoms with Crippen molar-refractivity contribution in [1.82, 2.24) is 0 Å². The smallest absolute Gasteiger partial charge is 0.0138 e. The molecule has 0 bridgehead atoms. The Bertz CT molecular complexity index is 275. The monoisotopic (exact) mass is 291 g/mol. The Balaban J connectivity index is 2.31. The van der Waals surface area contributed by atoms with Crippen molar-refractivity contribution in [1.29, 1.82) is 0 Å². The summed E-state index contributed by atoms with van der Waals surface area (Å²) in [4.78, 5) is 0. The van der Waals surface area contributed by atoms with Crippen LogP contribution in [0.1, 0.15) is 86.5 Å². The minimum Gasteiger partial charge on any atom is -0.0651 e. The summed E-state index contributed by atoms with van der Waals surface area (Å²) in [6.45, 7) is 14.8. The van der Waals surface area contributed by atoms with Gasteiger partial charge in [-0.15, -0.1) is 0 Å². The molecule has 1 radical (unpaired) electrons. The summed E-state index contributed by atoms with van der Waals surface area (Å²) in [7, 11) is 0. The fourth-order valence-electron chi connectivity index (χ4n) is 5.73. The zero-order valence-electron chi connectivity index (χ0n) is 15.5. The predicted octanol–water partition coefficient (Wildman–Crippen LogP) is 6.75. The van der Waals surface area contributed by atoms with E-state index in [9.17, 15) is 0 Å². The summed E-state index contributed by atoms with van der Waals surface area (Å²) < 4.78 is 0. The summed E-state index contributed by atoms with van der Waals surface area (Å²) in [6.07, 6.45) is 10.2. The van der Waals surface area contributed by atoms with Gasteiger partial charge in [-0.05, 0) is 73.0 Å². The lowest BCUT2D eigenvalue weighted by Gasteiger charge is -2.48. The Morgan fingerprint density at radius 1 is 0.762 bits per heavy atom. The van der Waals surface area contributed by atoms with Crippen molar-refractivity contribution in [2.24, 2.45) is 41.4 Å². The van der Waals surface area contributed by atoms with Crippen molar-refractivity contribution in [3.8, 4) is 0 Å². The Labute approximate surface area is 134 Å². The molecule has 0 spiro atoms. The molecule has 0 aromatic carbocycles. The van der Waals surface area contributed by atoms with Gasteiger partial charge in [0.05, 0.1) is 0 Å². The van der Waals surface area contributed by atoms with Gasteiger partial charge in [-0.2, -0.15) is 0 Å². The van der Waals surface area contributed by atoms with Gasteiger partial charge in [0.15, 0.2) is 0 Å². The van der Waals surface area contributed by atoms with Gasteiger partial charge < -0.3 is 0 Å². The standard InChI is InChI=1S/C21H39/c1-7-16-12-13-17(8-2)20(16)21-18(14(3)4)10-9-11-19(21)15(5)6/h14-20H,7-13H2,1-6H3. The van der Waals surface area contributed by atoms with Crippen LogP contribution in [0.15, 0.2) is 0 Å². The van der Waals surface area contributed by atoms with E-state index in [4.69, 9.17) is 0 Å². The molecule has 0 heteroatoms. The first-order valence-corrected chi connectivity index (χ1v) is 9.87. The maximum Gasteiger partial charge on any atom is -0.0138 e. The first kappa shape index (κ1) is 17.4. The maximum atomic E-state index is 2.48. The highest BCUT2D eigenvalue weighted by Gasteiger charge is 2.47. The number of hydrogen-bond acceptors (Lipinski definition) is 0. The van der Waals surface area contributed by atoms with Crippen LogP contribution in [0.3, 0.4) is 0 Å². The quantitative estimate of drug-likeness (QED) is 0.525. The van der Waals surface area contributed by atoms with Gasteiger partial charge in [0.25, 0.3) is 0 Å². The Morgan fingerprint density at radius 3 is 1.52 bits per heavy atom. The lowest BCUT2D eigenvalue weighted by molar-refractivity contribution is 0.132. The highest BCUT2D eigenvalue weighted by molar-refractivity contribution is 5.14. The SMILES string of the molecule is CCC1CCC(CC)C1[C]1C(C(C)C)CCCC1C(C)C. The lowest BCUT2D eigenvalue weighted by atomic mass is 9.57. The van der Waals surface area contributed by atoms with Crippen LogP contribution < -0.4 is 0 Å². The molecule has 2 saturated carbocycles. The summed E-state index contributed by atoms with van der Waals surface area (Å²) >= 11 is 0. The van der Waals surface area contributed by atoms with Gasteiger partial charge in [0, 0.05) is 0 Å². The fourth-order valence-corrected chi connectivity index (χ4v) is 5.73. The molecule has 0 nitrogen and oxygen atoms in total. The first-order chi connectivity index (χ1) is 10.0. The van der Waals surface area contributed by atoms with Gasteiger partial charge in [0.1, 0.15) is 0 Å². The van der Waals surface area contributed by atoms with Crippen LogP contribution in [-0.2, 0) is 0 Å². The molecule has 0 amide bonds. The summed E-state index contributed by atoms with van der Waals surface area (Å²) in [5, 5.41) is 0. The molecule has 0 saturated heterocycles. The van der Waals surface area contributed by atoms with Gasteiger partial charge >= 0.3 is 0 Å². The summed E-state index contributed by atoms with van der Waals surface area (Å²) in [5.41, 5.74) is 0. The van der Waals surface area contributed by atoms with Crippen LogP contribution in [0.5, 0.6) is 0 Å². The maximum absolute atomic E-state index is 2.48. The lowest BCUT2D eigenvalue weighted by Crippen LogP contribution is -2.40. The zero-order valence-corrected chi connectivity index (χ0v) is 15.5. The van der Waals surface area contributed by atoms with E-state index in [0.29, 0.717) is 0 Å². The van der Waals surface area contributed by atoms with Gasteiger partial charge in [0.2, 0.25) is 0 Å². The Morgan fingerprint density at radius 2 is 1.19 bits per heavy atom. The third-order valence-electron chi connectivity index (χ3n) is 6.85. The van der Waals surface area contributed by atoms with Crippen molar-refractivity contribution < 1.29 is 0 Å². The van der Waals surface area contributed by atoms with Crippen LogP contribution in [0.4, 0.5) is 0 Å². The summed E-state index contributed by atoms with van der Waals surface area (Å²) in [5.74, 6) is 8.50. The minimum atomic E-state index is 0.845. The zero-order chi connectivity index (χ0) is 15.6. The molecular weight excluding hydrogens is 252 g/mol. The molecule has 2 rings (SSSR count). The van der Waals surface area contributed by atoms with Crippen molar-refractivity contribution in [3.05, 3.63) is 5.92 Å². The van der Waals surface area contributed by atoms with E-state index in [1.54, 1.807) is 0 Å². The average Bonchev–Trinajstić information content (AvgIpc) is 2.88. The predicted molar refractivity (Wildman–Crippen MR) is 94.0 cm³/mol. The normalized spacial score (nSPS) is 38.6. The number of hydrogen-bond donors (Lipinski definition) is 0. The van der Waals surface area contributed by atoms with Crippen molar-refractivity contribution in [3.63, 3.8) is 0 Å². The van der Waals surface area contributed by atoms with Gasteiger partial charge in [-0.3, -0.25) is 0 Å². The molecule has 0 heterocycles. The Hall–Kier alpha value is 0. The highest BCUT2D eigenvalue weighted by Crippen LogP contribution is 2.56. The van der Waals surface area contributed by atoms with Crippen LogP contribution in [-0.4, -0.2) is 0 Å². The van der Waals surface area contributed by atoms with E-state index in [-0.39, 0.29) is 0 Å². The van der Waals surface area contributed by atoms with E-state index >= 15 is 0 Å². The van der Waals surface area contributed by atoms with Crippen LogP contribution >= 0.6 is 0 Å². The third kappa shape index (κ3) is 3.50. The second-order valence-electron chi connectivity index (χ2n) is 8.57. The van der Waals surface area contributed by atoms with Crippen LogP contribution in [0, 0.1) is 47.3 Å². The molecule has 0 aliphatic heterocycles. The second kappa shape index (κ2) is 7.51. The highest BCUT2D eigenvalue weighted by atomic mass is 14.5. The van der Waals surface area contributed by atoms with Crippen molar-refractivity contribution in [2.75, 3.05) is 0 Å². The molecule has 21 heavy (non-hydrogen) atoms. The van der Waals surface area contributed by atoms with E-state index in [0.717, 1.165) is 41.4 Å². The van der Waals surface area contributed by atoms with Crippen molar-refractivity contribution in [2.45, 2.75) is 86.5 Å². The third-order valence-corrected chi connectivity index (χ3v) is 6.85. The minimum absolute atomic E-state index is 0.845. The molecular formula is C21H39.